The van der Waals surface area contributed by atoms with E-state index in [0.29, 0.717) is 0 Å². The first-order valence-corrected chi connectivity index (χ1v) is 9.45. The van der Waals surface area contributed by atoms with Gasteiger partial charge in [0, 0.05) is 5.56 Å². The number of carbonyl (C=O) groups is 1. The largest absolute Gasteiger partial charge is 0.414 e. The smallest absolute Gasteiger partial charge is 0.364 e. The molecule has 178 valence electrons. The number of halogens is 7. The summed E-state index contributed by atoms with van der Waals surface area (Å²) in [5.41, 5.74) is 5.79. The van der Waals surface area contributed by atoms with Gasteiger partial charge in [-0.2, -0.15) is 26.3 Å². The molecule has 2 amide bonds. The van der Waals surface area contributed by atoms with Crippen LogP contribution < -0.4 is 11.1 Å². The minimum atomic E-state index is -4.64. The SMILES string of the molecule is C[C@@H](O[C@H](C)C(F)(F)F)[C@H](N)c1nc2c(F)c(CN3C[C@@H](C(F)(F)F)NC3=O)ccc2[nH]1. The molecule has 32 heavy (non-hydrogen) atoms. The minimum Gasteiger partial charge on any atom is -0.364 e. The van der Waals surface area contributed by atoms with E-state index < -0.39 is 61.6 Å². The molecule has 1 aliphatic heterocycles. The fourth-order valence-corrected chi connectivity index (χ4v) is 3.21. The molecule has 0 radical (unpaired) electrons. The molecule has 1 aromatic heterocycles. The second kappa shape index (κ2) is 8.39. The van der Waals surface area contributed by atoms with Crippen LogP contribution in [0.5, 0.6) is 0 Å². The Kier molecular flexibility index (Phi) is 6.30. The highest BCUT2D eigenvalue weighted by molar-refractivity contribution is 5.79. The van der Waals surface area contributed by atoms with E-state index in [1.807, 2.05) is 0 Å². The van der Waals surface area contributed by atoms with Gasteiger partial charge in [0.25, 0.3) is 0 Å². The van der Waals surface area contributed by atoms with Crippen molar-refractivity contribution in [2.75, 3.05) is 6.54 Å². The Bertz CT molecular complexity index is 990. The van der Waals surface area contributed by atoms with E-state index in [1.165, 1.54) is 19.1 Å². The van der Waals surface area contributed by atoms with Crippen molar-refractivity contribution < 1.29 is 40.3 Å². The van der Waals surface area contributed by atoms with Gasteiger partial charge < -0.3 is 25.7 Å². The van der Waals surface area contributed by atoms with Crippen LogP contribution in [0, 0.1) is 5.82 Å². The highest BCUT2D eigenvalue weighted by Gasteiger charge is 2.47. The Morgan fingerprint density at radius 3 is 2.47 bits per heavy atom. The predicted molar refractivity (Wildman–Crippen MR) is 97.8 cm³/mol. The van der Waals surface area contributed by atoms with Crippen molar-refractivity contribution in [2.45, 2.75) is 57.0 Å². The van der Waals surface area contributed by atoms with Gasteiger partial charge in [-0.25, -0.2) is 14.2 Å². The highest BCUT2D eigenvalue weighted by atomic mass is 19.4. The van der Waals surface area contributed by atoms with Crippen LogP contribution in [0.1, 0.15) is 31.3 Å². The number of fused-ring (bicyclic) bond motifs is 1. The number of nitrogens with zero attached hydrogens (tertiary/aromatic N) is 2. The fourth-order valence-electron chi connectivity index (χ4n) is 3.21. The van der Waals surface area contributed by atoms with E-state index >= 15 is 0 Å². The Morgan fingerprint density at radius 2 is 1.91 bits per heavy atom. The number of benzene rings is 1. The zero-order valence-electron chi connectivity index (χ0n) is 16.8. The molecule has 2 heterocycles. The first-order chi connectivity index (χ1) is 14.7. The van der Waals surface area contributed by atoms with Gasteiger partial charge in [0.1, 0.15) is 17.4 Å². The van der Waals surface area contributed by atoms with Crippen LogP contribution in [0.25, 0.3) is 11.0 Å². The molecule has 7 nitrogen and oxygen atoms in total. The lowest BCUT2D eigenvalue weighted by molar-refractivity contribution is -0.227. The maximum atomic E-state index is 14.9. The summed E-state index contributed by atoms with van der Waals surface area (Å²) in [6.45, 7) is 1.02. The van der Waals surface area contributed by atoms with Crippen LogP contribution in [0.2, 0.25) is 0 Å². The van der Waals surface area contributed by atoms with E-state index in [2.05, 4.69) is 9.97 Å². The molecule has 1 saturated heterocycles. The van der Waals surface area contributed by atoms with Crippen LogP contribution in [-0.4, -0.2) is 58.0 Å². The summed E-state index contributed by atoms with van der Waals surface area (Å²) >= 11 is 0. The Labute approximate surface area is 177 Å². The van der Waals surface area contributed by atoms with E-state index in [9.17, 15) is 35.5 Å². The Hall–Kier alpha value is -2.61. The summed E-state index contributed by atoms with van der Waals surface area (Å²) < 4.78 is 96.3. The molecule has 3 rings (SSSR count). The molecule has 0 aliphatic carbocycles. The summed E-state index contributed by atoms with van der Waals surface area (Å²) in [4.78, 5) is 19.3. The standard InChI is InChI=1S/C18H20F7N5O2/c1-7(32-8(2)17(20,21)22)13(26)15-27-10-4-3-9(12(19)14(10)29-15)5-30-6-11(18(23,24)25)28-16(30)31/h3-4,7-8,11,13H,5-6,26H2,1-2H3,(H,27,29)(H,28,31)/t7-,8-,11+,13+/m1/s1. The van der Waals surface area contributed by atoms with E-state index in [1.54, 1.807) is 5.32 Å². The van der Waals surface area contributed by atoms with Gasteiger partial charge in [0.15, 0.2) is 11.9 Å². The number of aromatic amines is 1. The normalized spacial score (nSPS) is 20.5. The molecular formula is C18H20F7N5O2. The van der Waals surface area contributed by atoms with E-state index in [-0.39, 0.29) is 22.4 Å². The van der Waals surface area contributed by atoms with Crippen LogP contribution in [0.3, 0.4) is 0 Å². The number of ether oxygens (including phenoxy) is 1. The minimum absolute atomic E-state index is 0.0334. The average Bonchev–Trinajstić information content (AvgIpc) is 3.26. The third-order valence-electron chi connectivity index (χ3n) is 5.14. The number of rotatable bonds is 6. The summed E-state index contributed by atoms with van der Waals surface area (Å²) in [5.74, 6) is -0.924. The molecular weight excluding hydrogens is 451 g/mol. The van der Waals surface area contributed by atoms with Crippen LogP contribution in [0.15, 0.2) is 12.1 Å². The zero-order chi connectivity index (χ0) is 24.0. The number of nitrogens with one attached hydrogen (secondary N) is 2. The number of aromatic nitrogens is 2. The summed E-state index contributed by atoms with van der Waals surface area (Å²) in [6, 6.07) is -1.54. The molecule has 0 unspecified atom stereocenters. The lowest BCUT2D eigenvalue weighted by Crippen LogP contribution is -2.40. The van der Waals surface area contributed by atoms with Crippen molar-refractivity contribution in [3.8, 4) is 0 Å². The number of hydrogen-bond donors (Lipinski definition) is 3. The molecule has 1 fully saturated rings. The number of hydrogen-bond acceptors (Lipinski definition) is 4. The third kappa shape index (κ3) is 4.90. The lowest BCUT2D eigenvalue weighted by atomic mass is 10.1. The number of carbonyl (C=O) groups excluding carboxylic acids is 1. The molecule has 2 aromatic rings. The molecule has 4 atom stereocenters. The molecule has 0 saturated carbocycles. The van der Waals surface area contributed by atoms with Crippen LogP contribution in [-0.2, 0) is 11.3 Å². The number of amides is 2. The van der Waals surface area contributed by atoms with Crippen molar-refractivity contribution in [3.05, 3.63) is 29.3 Å². The molecule has 1 aromatic carbocycles. The quantitative estimate of drug-likeness (QED) is 0.562. The van der Waals surface area contributed by atoms with E-state index in [4.69, 9.17) is 10.5 Å². The van der Waals surface area contributed by atoms with Crippen molar-refractivity contribution in [3.63, 3.8) is 0 Å². The summed E-state index contributed by atoms with van der Waals surface area (Å²) in [5, 5.41) is 1.79. The topological polar surface area (TPSA) is 96.3 Å². The van der Waals surface area contributed by atoms with Gasteiger partial charge >= 0.3 is 18.4 Å². The zero-order valence-corrected chi connectivity index (χ0v) is 16.8. The first kappa shape index (κ1) is 24.0. The van der Waals surface area contributed by atoms with Crippen LogP contribution >= 0.6 is 0 Å². The number of H-pyrrole nitrogens is 1. The lowest BCUT2D eigenvalue weighted by Gasteiger charge is -2.24. The first-order valence-electron chi connectivity index (χ1n) is 9.45. The van der Waals surface area contributed by atoms with Crippen LogP contribution in [0.4, 0.5) is 35.5 Å². The number of imidazole rings is 1. The maximum absolute atomic E-state index is 14.9. The van der Waals surface area contributed by atoms with Crippen molar-refractivity contribution in [1.82, 2.24) is 20.2 Å². The second-order valence-electron chi connectivity index (χ2n) is 7.53. The fraction of sp³-hybridized carbons (Fsp3) is 0.556. The van der Waals surface area contributed by atoms with Crippen molar-refractivity contribution in [2.24, 2.45) is 5.73 Å². The van der Waals surface area contributed by atoms with Gasteiger partial charge in [-0.1, -0.05) is 6.07 Å². The number of alkyl halides is 6. The molecule has 4 N–H and O–H groups in total. The maximum Gasteiger partial charge on any atom is 0.414 e. The predicted octanol–water partition coefficient (Wildman–Crippen LogP) is 3.51. The summed E-state index contributed by atoms with van der Waals surface area (Å²) in [6.07, 6.45) is -12.4. The Morgan fingerprint density at radius 1 is 1.25 bits per heavy atom. The third-order valence-corrected chi connectivity index (χ3v) is 5.14. The molecule has 1 aliphatic rings. The highest BCUT2D eigenvalue weighted by Crippen LogP contribution is 2.29. The van der Waals surface area contributed by atoms with Crippen molar-refractivity contribution in [1.29, 1.82) is 0 Å². The van der Waals surface area contributed by atoms with E-state index in [0.717, 1.165) is 11.8 Å². The molecule has 14 heteroatoms. The average molecular weight is 471 g/mol. The molecule has 0 spiro atoms. The monoisotopic (exact) mass is 471 g/mol. The summed E-state index contributed by atoms with van der Waals surface area (Å²) in [7, 11) is 0. The van der Waals surface area contributed by atoms with Gasteiger partial charge in [0.2, 0.25) is 0 Å². The Balaban J connectivity index is 1.78. The van der Waals surface area contributed by atoms with Crippen molar-refractivity contribution >= 4 is 17.1 Å². The second-order valence-corrected chi connectivity index (χ2v) is 7.53. The van der Waals surface area contributed by atoms with Gasteiger partial charge in [-0.05, 0) is 19.9 Å². The van der Waals surface area contributed by atoms with Gasteiger partial charge in [0.05, 0.1) is 30.8 Å². The molecule has 0 bridgehead atoms. The van der Waals surface area contributed by atoms with Gasteiger partial charge in [-0.3, -0.25) is 0 Å². The number of urea groups is 1. The number of nitrogens with two attached hydrogens (primary N) is 1. The van der Waals surface area contributed by atoms with Gasteiger partial charge in [-0.15, -0.1) is 0 Å².